The Morgan fingerprint density at radius 3 is 0.952 bits per heavy atom. The number of ether oxygens (including phenoxy) is 4. The summed E-state index contributed by atoms with van der Waals surface area (Å²) in [4.78, 5) is 0. The summed E-state index contributed by atoms with van der Waals surface area (Å²) in [5, 5.41) is 0. The van der Waals surface area contributed by atoms with Gasteiger partial charge in [0.15, 0.2) is 11.6 Å². The Labute approximate surface area is 258 Å². The summed E-state index contributed by atoms with van der Waals surface area (Å²) in [6, 6.07) is 0. The molecule has 1 unspecified atom stereocenters. The quantitative estimate of drug-likeness (QED) is 0.284. The zero-order valence-electron chi connectivity index (χ0n) is 27.2. The molecular formula is C38H64O4. The lowest BCUT2D eigenvalue weighted by Crippen LogP contribution is -2.77. The first-order valence-electron chi connectivity index (χ1n) is 19.3. The van der Waals surface area contributed by atoms with Crippen LogP contribution in [-0.2, 0) is 18.9 Å². The largest absolute Gasteiger partial charge is 0.347 e. The van der Waals surface area contributed by atoms with Gasteiger partial charge in [-0.1, -0.05) is 116 Å². The summed E-state index contributed by atoms with van der Waals surface area (Å²) in [7, 11) is 0. The predicted octanol–water partition coefficient (Wildman–Crippen LogP) is 10.4. The van der Waals surface area contributed by atoms with Crippen molar-refractivity contribution in [2.45, 2.75) is 203 Å². The second-order valence-electron chi connectivity index (χ2n) is 16.5. The zero-order chi connectivity index (χ0) is 28.4. The standard InChI is InChI=1S/C38H64O4/c1-3-7-11-17-31-25-32(18-12-8-4-1)28-35(27-31)37(21-15-23-39-37)42-36(38(41-35)22-16-24-40-38)29-33-19-13-9-5-2-6-10-14-20-34(26-33)30-36/h31-34H,1-30H2/t31-,32-,33-,34+,36?,37-,38-/m0/s1. The maximum atomic E-state index is 7.92. The van der Waals surface area contributed by atoms with Crippen molar-refractivity contribution in [1.29, 1.82) is 0 Å². The van der Waals surface area contributed by atoms with Gasteiger partial charge in [0, 0.05) is 12.8 Å². The molecule has 42 heavy (non-hydrogen) atoms. The van der Waals surface area contributed by atoms with Crippen LogP contribution in [0.5, 0.6) is 0 Å². The fraction of sp³-hybridized carbons (Fsp3) is 1.00. The van der Waals surface area contributed by atoms with E-state index in [2.05, 4.69) is 0 Å². The lowest BCUT2D eigenvalue weighted by molar-refractivity contribution is -0.500. The van der Waals surface area contributed by atoms with Crippen LogP contribution in [-0.4, -0.2) is 36.0 Å². The van der Waals surface area contributed by atoms with Crippen LogP contribution >= 0.6 is 0 Å². The van der Waals surface area contributed by atoms with Gasteiger partial charge < -0.3 is 18.9 Å². The van der Waals surface area contributed by atoms with Crippen LogP contribution in [0.15, 0.2) is 0 Å². The summed E-state index contributed by atoms with van der Waals surface area (Å²) in [6.45, 7) is 1.66. The molecule has 0 amide bonds. The number of hydrogen-bond donors (Lipinski definition) is 0. The van der Waals surface area contributed by atoms with E-state index in [0.717, 1.165) is 88.3 Å². The van der Waals surface area contributed by atoms with Crippen molar-refractivity contribution in [1.82, 2.24) is 0 Å². The predicted molar refractivity (Wildman–Crippen MR) is 168 cm³/mol. The van der Waals surface area contributed by atoms with E-state index in [1.165, 1.54) is 128 Å². The maximum Gasteiger partial charge on any atom is 0.198 e. The van der Waals surface area contributed by atoms with Crippen molar-refractivity contribution in [2.75, 3.05) is 13.2 Å². The Balaban J connectivity index is 1.22. The Kier molecular flexibility index (Phi) is 9.65. The van der Waals surface area contributed by atoms with E-state index in [0.29, 0.717) is 0 Å². The molecule has 3 aliphatic heterocycles. The Bertz CT molecular complexity index is 751. The van der Waals surface area contributed by atoms with Gasteiger partial charge in [-0.2, -0.15) is 0 Å². The first-order chi connectivity index (χ1) is 20.6. The van der Waals surface area contributed by atoms with Crippen LogP contribution in [0, 0.1) is 23.7 Å². The second-order valence-corrected chi connectivity index (χ2v) is 16.5. The lowest BCUT2D eigenvalue weighted by atomic mass is 9.61. The van der Waals surface area contributed by atoms with Gasteiger partial charge in [-0.05, 0) is 75.0 Å². The molecule has 4 nitrogen and oxygen atoms in total. The third-order valence-corrected chi connectivity index (χ3v) is 13.3. The van der Waals surface area contributed by atoms with Gasteiger partial charge in [0.1, 0.15) is 11.2 Å². The summed E-state index contributed by atoms with van der Waals surface area (Å²) in [5.41, 5.74) is -0.694. The molecule has 4 saturated carbocycles. The van der Waals surface area contributed by atoms with Crippen LogP contribution < -0.4 is 0 Å². The third kappa shape index (κ3) is 6.03. The Morgan fingerprint density at radius 1 is 0.357 bits per heavy atom. The van der Waals surface area contributed by atoms with Crippen molar-refractivity contribution in [3.05, 3.63) is 0 Å². The summed E-state index contributed by atoms with van der Waals surface area (Å²) in [5.74, 6) is 1.79. The normalized spacial score (nSPS) is 48.0. The molecule has 4 aliphatic carbocycles. The molecule has 0 aromatic rings. The van der Waals surface area contributed by atoms with Crippen LogP contribution in [0.1, 0.15) is 180 Å². The molecule has 7 atom stereocenters. The molecule has 0 aromatic carbocycles. The highest BCUT2D eigenvalue weighted by molar-refractivity contribution is 5.16. The summed E-state index contributed by atoms with van der Waals surface area (Å²) >= 11 is 0. The van der Waals surface area contributed by atoms with E-state index in [4.69, 9.17) is 18.9 Å². The number of fused-ring (bicyclic) bond motifs is 6. The second kappa shape index (κ2) is 13.3. The van der Waals surface area contributed by atoms with E-state index in [1.807, 2.05) is 0 Å². The fourth-order valence-electron chi connectivity index (χ4n) is 11.6. The molecule has 7 rings (SSSR count). The van der Waals surface area contributed by atoms with Crippen LogP contribution in [0.3, 0.4) is 0 Å². The van der Waals surface area contributed by atoms with E-state index in [1.54, 1.807) is 0 Å². The lowest BCUT2D eigenvalue weighted by Gasteiger charge is -2.67. The van der Waals surface area contributed by atoms with Gasteiger partial charge in [0.25, 0.3) is 0 Å². The molecule has 3 heterocycles. The average molecular weight is 585 g/mol. The Morgan fingerprint density at radius 2 is 0.667 bits per heavy atom. The first kappa shape index (κ1) is 30.5. The molecule has 7 aliphatic rings. The molecule has 0 N–H and O–H groups in total. The molecule has 240 valence electrons. The highest BCUT2D eigenvalue weighted by Crippen LogP contribution is 2.65. The van der Waals surface area contributed by atoms with E-state index in [9.17, 15) is 0 Å². The van der Waals surface area contributed by atoms with E-state index >= 15 is 0 Å². The fourth-order valence-corrected chi connectivity index (χ4v) is 11.6. The van der Waals surface area contributed by atoms with Crippen LogP contribution in [0.4, 0.5) is 0 Å². The summed E-state index contributed by atoms with van der Waals surface area (Å²) < 4.78 is 29.8. The molecule has 0 radical (unpaired) electrons. The molecule has 4 heteroatoms. The van der Waals surface area contributed by atoms with Crippen LogP contribution in [0.25, 0.3) is 0 Å². The molecule has 7 fully saturated rings. The van der Waals surface area contributed by atoms with Gasteiger partial charge in [-0.3, -0.25) is 0 Å². The van der Waals surface area contributed by atoms with E-state index < -0.39 is 11.6 Å². The minimum Gasteiger partial charge on any atom is -0.347 e. The molecule has 3 saturated heterocycles. The van der Waals surface area contributed by atoms with Crippen molar-refractivity contribution in [2.24, 2.45) is 23.7 Å². The smallest absolute Gasteiger partial charge is 0.198 e. The van der Waals surface area contributed by atoms with Crippen molar-refractivity contribution >= 4 is 0 Å². The molecular weight excluding hydrogens is 520 g/mol. The minimum absolute atomic E-state index is 0.347. The number of hydrogen-bond acceptors (Lipinski definition) is 4. The topological polar surface area (TPSA) is 36.9 Å². The first-order valence-corrected chi connectivity index (χ1v) is 19.3. The van der Waals surface area contributed by atoms with Crippen molar-refractivity contribution in [3.63, 3.8) is 0 Å². The maximum absolute atomic E-state index is 7.92. The third-order valence-electron chi connectivity index (χ3n) is 13.3. The van der Waals surface area contributed by atoms with E-state index in [-0.39, 0.29) is 11.2 Å². The van der Waals surface area contributed by atoms with Gasteiger partial charge >= 0.3 is 0 Å². The zero-order valence-corrected chi connectivity index (χ0v) is 27.2. The summed E-state index contributed by atoms with van der Waals surface area (Å²) in [6.07, 6.45) is 36.7. The SMILES string of the molecule is C1CCCC[C@@H]2C[C@H](CCCC1)CC1(C2)O[C@@]2(CCCO2)C2(C[C@H]3CCCCCCCCC[C@@H](C3)C2)O[C@@]12CCCO2. The van der Waals surface area contributed by atoms with Gasteiger partial charge in [-0.15, -0.1) is 0 Å². The molecule has 0 aromatic heterocycles. The van der Waals surface area contributed by atoms with Crippen molar-refractivity contribution in [3.8, 4) is 0 Å². The van der Waals surface area contributed by atoms with Crippen molar-refractivity contribution < 1.29 is 18.9 Å². The van der Waals surface area contributed by atoms with Gasteiger partial charge in [0.05, 0.1) is 13.2 Å². The average Bonchev–Trinajstić information content (AvgIpc) is 3.65. The molecule has 4 spiro atoms. The van der Waals surface area contributed by atoms with Gasteiger partial charge in [0.2, 0.25) is 0 Å². The van der Waals surface area contributed by atoms with Crippen LogP contribution in [0.2, 0.25) is 0 Å². The number of rotatable bonds is 0. The minimum atomic E-state index is -0.573. The Hall–Kier alpha value is -0.160. The van der Waals surface area contributed by atoms with Gasteiger partial charge in [-0.25, -0.2) is 0 Å². The highest BCUT2D eigenvalue weighted by Gasteiger charge is 2.74. The highest BCUT2D eigenvalue weighted by atomic mass is 16.8. The monoisotopic (exact) mass is 584 g/mol. The molecule has 4 bridgehead atoms.